The average Bonchev–Trinajstić information content (AvgIpc) is 2.53. The number of hydrogen-bond acceptors (Lipinski definition) is 1. The highest BCUT2D eigenvalue weighted by molar-refractivity contribution is 7.80. The van der Waals surface area contributed by atoms with Gasteiger partial charge in [0.05, 0.1) is 0 Å². The molecule has 2 saturated carbocycles. The Morgan fingerprint density at radius 2 is 1.27 bits per heavy atom. The van der Waals surface area contributed by atoms with Crippen LogP contribution in [0.3, 0.4) is 0 Å². The summed E-state index contributed by atoms with van der Waals surface area (Å²) in [6, 6.07) is 3.10. The first-order valence-corrected chi connectivity index (χ1v) is 9.20. The molecule has 3 rings (SSSR count). The number of hydrogen-bond donors (Lipinski definition) is 1. The zero-order valence-corrected chi connectivity index (χ0v) is 14.2. The van der Waals surface area contributed by atoms with Crippen molar-refractivity contribution >= 4 is 12.6 Å². The monoisotopic (exact) mass is 324 g/mol. The summed E-state index contributed by atoms with van der Waals surface area (Å²) < 4.78 is 27.5. The van der Waals surface area contributed by atoms with E-state index in [9.17, 15) is 8.78 Å². The van der Waals surface area contributed by atoms with Gasteiger partial charge in [-0.2, -0.15) is 12.6 Å². The largest absolute Gasteiger partial charge is 0.207 e. The van der Waals surface area contributed by atoms with Crippen molar-refractivity contribution in [2.75, 3.05) is 0 Å². The zero-order valence-electron chi connectivity index (χ0n) is 13.3. The van der Waals surface area contributed by atoms with E-state index in [1.165, 1.54) is 45.4 Å². The topological polar surface area (TPSA) is 0 Å². The molecule has 0 N–H and O–H groups in total. The van der Waals surface area contributed by atoms with Gasteiger partial charge in [0.1, 0.15) is 11.6 Å². The highest BCUT2D eigenvalue weighted by Crippen LogP contribution is 2.43. The van der Waals surface area contributed by atoms with Crippen LogP contribution in [0.1, 0.15) is 68.4 Å². The molecule has 0 radical (unpaired) electrons. The molecule has 0 aromatic heterocycles. The summed E-state index contributed by atoms with van der Waals surface area (Å²) >= 11 is 4.58. The molecule has 0 unspecified atom stereocenters. The number of halogens is 2. The fourth-order valence-electron chi connectivity index (χ4n) is 4.40. The van der Waals surface area contributed by atoms with Gasteiger partial charge in [0.2, 0.25) is 0 Å². The summed E-state index contributed by atoms with van der Waals surface area (Å²) in [6.45, 7) is 1.50. The third-order valence-corrected chi connectivity index (χ3v) is 6.47. The molecule has 3 heteroatoms. The van der Waals surface area contributed by atoms with Crippen LogP contribution in [0, 0.1) is 30.4 Å². The van der Waals surface area contributed by atoms with E-state index in [1.54, 1.807) is 12.1 Å². The number of rotatable bonds is 2. The van der Waals surface area contributed by atoms with Crippen LogP contribution in [0.25, 0.3) is 0 Å². The van der Waals surface area contributed by atoms with E-state index in [1.807, 2.05) is 0 Å². The SMILES string of the molecule is Cc1c(F)cc(C2CCC(C3CCC(S)CC3)CC2)cc1F. The molecule has 1 aromatic rings. The first-order valence-electron chi connectivity index (χ1n) is 8.68. The van der Waals surface area contributed by atoms with Gasteiger partial charge >= 0.3 is 0 Å². The molecule has 0 atom stereocenters. The first-order chi connectivity index (χ1) is 10.5. The molecule has 1 aromatic carbocycles. The van der Waals surface area contributed by atoms with Gasteiger partial charge in [-0.3, -0.25) is 0 Å². The second-order valence-corrected chi connectivity index (χ2v) is 8.02. The maximum absolute atomic E-state index is 13.8. The normalized spacial score (nSPS) is 32.9. The Morgan fingerprint density at radius 3 is 1.77 bits per heavy atom. The predicted molar refractivity (Wildman–Crippen MR) is 90.5 cm³/mol. The van der Waals surface area contributed by atoms with Crippen molar-refractivity contribution in [3.8, 4) is 0 Å². The van der Waals surface area contributed by atoms with Crippen molar-refractivity contribution in [2.45, 2.75) is 69.5 Å². The molecule has 0 amide bonds. The van der Waals surface area contributed by atoms with Crippen molar-refractivity contribution in [1.82, 2.24) is 0 Å². The summed E-state index contributed by atoms with van der Waals surface area (Å²) in [5, 5.41) is 0.603. The lowest BCUT2D eigenvalue weighted by Gasteiger charge is -2.37. The molecule has 22 heavy (non-hydrogen) atoms. The average molecular weight is 324 g/mol. The fraction of sp³-hybridized carbons (Fsp3) is 0.684. The molecule has 2 aliphatic carbocycles. The van der Waals surface area contributed by atoms with Crippen LogP contribution in [0.2, 0.25) is 0 Å². The van der Waals surface area contributed by atoms with Crippen LogP contribution in [-0.4, -0.2) is 5.25 Å². The van der Waals surface area contributed by atoms with E-state index < -0.39 is 11.6 Å². The third kappa shape index (κ3) is 3.50. The van der Waals surface area contributed by atoms with Gasteiger partial charge in [-0.25, -0.2) is 8.78 Å². The molecular weight excluding hydrogens is 298 g/mol. The Balaban J connectivity index is 1.60. The minimum atomic E-state index is -0.399. The van der Waals surface area contributed by atoms with E-state index in [0.717, 1.165) is 30.2 Å². The van der Waals surface area contributed by atoms with E-state index in [4.69, 9.17) is 0 Å². The second kappa shape index (κ2) is 6.90. The van der Waals surface area contributed by atoms with Crippen molar-refractivity contribution < 1.29 is 8.78 Å². The minimum absolute atomic E-state index is 0.140. The van der Waals surface area contributed by atoms with Crippen molar-refractivity contribution in [3.63, 3.8) is 0 Å². The van der Waals surface area contributed by atoms with E-state index >= 15 is 0 Å². The Kier molecular flexibility index (Phi) is 5.11. The maximum atomic E-state index is 13.8. The lowest BCUT2D eigenvalue weighted by atomic mass is 9.70. The van der Waals surface area contributed by atoms with Crippen LogP contribution in [0.5, 0.6) is 0 Å². The summed E-state index contributed by atoms with van der Waals surface area (Å²) in [7, 11) is 0. The van der Waals surface area contributed by atoms with Gasteiger partial charge in [-0.1, -0.05) is 0 Å². The fourth-order valence-corrected chi connectivity index (χ4v) is 4.70. The third-order valence-electron chi connectivity index (χ3n) is 5.95. The molecule has 0 saturated heterocycles. The number of benzene rings is 1. The van der Waals surface area contributed by atoms with Crippen LogP contribution in [0.15, 0.2) is 12.1 Å². The van der Waals surface area contributed by atoms with Crippen molar-refractivity contribution in [2.24, 2.45) is 11.8 Å². The van der Waals surface area contributed by atoms with Gasteiger partial charge in [-0.15, -0.1) is 0 Å². The molecule has 2 aliphatic rings. The predicted octanol–water partition coefficient (Wildman–Crippen LogP) is 6.04. The molecule has 0 spiro atoms. The van der Waals surface area contributed by atoms with Crippen LogP contribution >= 0.6 is 12.6 Å². The Hall–Kier alpha value is -0.570. The summed E-state index contributed by atoms with van der Waals surface area (Å²) in [5.74, 6) is 1.21. The van der Waals surface area contributed by atoms with Gasteiger partial charge in [-0.05, 0) is 93.7 Å². The Morgan fingerprint density at radius 1 is 0.818 bits per heavy atom. The first kappa shape index (κ1) is 16.3. The van der Waals surface area contributed by atoms with Gasteiger partial charge in [0.25, 0.3) is 0 Å². The van der Waals surface area contributed by atoms with Crippen LogP contribution < -0.4 is 0 Å². The summed E-state index contributed by atoms with van der Waals surface area (Å²) in [4.78, 5) is 0. The van der Waals surface area contributed by atoms with Crippen LogP contribution in [-0.2, 0) is 0 Å². The number of thiol groups is 1. The minimum Gasteiger partial charge on any atom is -0.207 e. The Labute approximate surface area is 138 Å². The lowest BCUT2D eigenvalue weighted by molar-refractivity contribution is 0.188. The lowest BCUT2D eigenvalue weighted by Crippen LogP contribution is -2.25. The molecule has 0 bridgehead atoms. The zero-order chi connectivity index (χ0) is 15.7. The smallest absolute Gasteiger partial charge is 0.129 e. The molecule has 0 heterocycles. The summed E-state index contributed by atoms with van der Waals surface area (Å²) in [6.07, 6.45) is 9.72. The van der Waals surface area contributed by atoms with E-state index in [2.05, 4.69) is 12.6 Å². The molecule has 2 fully saturated rings. The molecule has 0 nitrogen and oxygen atoms in total. The van der Waals surface area contributed by atoms with Crippen LogP contribution in [0.4, 0.5) is 8.78 Å². The van der Waals surface area contributed by atoms with Crippen molar-refractivity contribution in [1.29, 1.82) is 0 Å². The van der Waals surface area contributed by atoms with E-state index in [0.29, 0.717) is 11.2 Å². The van der Waals surface area contributed by atoms with Gasteiger partial charge in [0, 0.05) is 10.8 Å². The van der Waals surface area contributed by atoms with Gasteiger partial charge in [0.15, 0.2) is 0 Å². The quantitative estimate of drug-likeness (QED) is 0.630. The summed E-state index contributed by atoms with van der Waals surface area (Å²) in [5.41, 5.74) is 0.999. The van der Waals surface area contributed by atoms with E-state index in [-0.39, 0.29) is 5.56 Å². The molecular formula is C19H26F2S. The molecule has 0 aliphatic heterocycles. The standard InChI is InChI=1S/C19H26F2S/c1-12-18(20)10-16(11-19(12)21)15-4-2-13(3-5-15)14-6-8-17(22)9-7-14/h10-11,13-15,17,22H,2-9H2,1H3. The maximum Gasteiger partial charge on any atom is 0.129 e. The highest BCUT2D eigenvalue weighted by atomic mass is 32.1. The highest BCUT2D eigenvalue weighted by Gasteiger charge is 2.30. The molecule has 122 valence electrons. The van der Waals surface area contributed by atoms with Crippen molar-refractivity contribution in [3.05, 3.63) is 34.9 Å². The van der Waals surface area contributed by atoms with Gasteiger partial charge < -0.3 is 0 Å². The second-order valence-electron chi connectivity index (χ2n) is 7.29. The Bertz CT molecular complexity index is 489.